The van der Waals surface area contributed by atoms with E-state index < -0.39 is 11.4 Å². The molecule has 6 rings (SSSR count). The van der Waals surface area contributed by atoms with Crippen molar-refractivity contribution in [2.75, 3.05) is 12.1 Å². The van der Waals surface area contributed by atoms with Gasteiger partial charge in [0.2, 0.25) is 0 Å². The van der Waals surface area contributed by atoms with Crippen molar-refractivity contribution in [3.63, 3.8) is 0 Å². The molecular weight excluding hydrogens is 584 g/mol. The fraction of sp³-hybridized carbons (Fsp3) is 0.256. The van der Waals surface area contributed by atoms with Crippen molar-refractivity contribution >= 4 is 55.5 Å². The van der Waals surface area contributed by atoms with Crippen LogP contribution in [0.3, 0.4) is 0 Å². The summed E-state index contributed by atoms with van der Waals surface area (Å²) < 4.78 is 0. The van der Waals surface area contributed by atoms with E-state index in [2.05, 4.69) is 59.6 Å². The molecule has 0 unspecified atom stereocenters. The highest BCUT2D eigenvalue weighted by molar-refractivity contribution is 6.22. The third-order valence-corrected chi connectivity index (χ3v) is 9.36. The highest BCUT2D eigenvalue weighted by Gasteiger charge is 2.24. The van der Waals surface area contributed by atoms with Crippen LogP contribution in [-0.2, 0) is 12.0 Å². The van der Waals surface area contributed by atoms with Crippen LogP contribution in [0.1, 0.15) is 67.9 Å². The number of phenols is 1. The predicted molar refractivity (Wildman–Crippen MR) is 193 cm³/mol. The molecule has 0 radical (unpaired) electrons. The Bertz CT molecular complexity index is 2080. The maximum absolute atomic E-state index is 13.7. The molecule has 1 heterocycles. The molecule has 1 amide bonds. The van der Waals surface area contributed by atoms with Crippen LogP contribution >= 0.6 is 0 Å². The Hall–Kier alpha value is -5.21. The van der Waals surface area contributed by atoms with E-state index in [0.29, 0.717) is 11.1 Å². The fourth-order valence-electron chi connectivity index (χ4n) is 6.22. The summed E-state index contributed by atoms with van der Waals surface area (Å²) in [6, 6.07) is 29.6. The maximum Gasteiger partial charge on any atom is 0.273 e. The van der Waals surface area contributed by atoms with Gasteiger partial charge in [0.05, 0.1) is 22.5 Å². The van der Waals surface area contributed by atoms with Gasteiger partial charge in [-0.2, -0.15) is 5.11 Å². The number of hydrogen-bond acceptors (Lipinski definition) is 6. The van der Waals surface area contributed by atoms with Gasteiger partial charge in [-0.05, 0) is 78.6 Å². The molecule has 0 saturated heterocycles. The summed E-state index contributed by atoms with van der Waals surface area (Å²) in [6.07, 6.45) is 4.93. The van der Waals surface area contributed by atoms with E-state index in [1.165, 1.54) is 5.56 Å². The highest BCUT2D eigenvalue weighted by Crippen LogP contribution is 2.44. The van der Waals surface area contributed by atoms with E-state index in [9.17, 15) is 9.90 Å². The number of anilines is 1. The summed E-state index contributed by atoms with van der Waals surface area (Å²) in [7, 11) is 1.78. The van der Waals surface area contributed by atoms with Crippen LogP contribution in [0.4, 0.5) is 17.1 Å². The van der Waals surface area contributed by atoms with Crippen molar-refractivity contribution in [1.29, 1.82) is 0 Å². The van der Waals surface area contributed by atoms with E-state index >= 15 is 0 Å². The van der Waals surface area contributed by atoms with Gasteiger partial charge in [-0.15, -0.1) is 5.11 Å². The van der Waals surface area contributed by atoms with Gasteiger partial charge < -0.3 is 15.8 Å². The van der Waals surface area contributed by atoms with E-state index in [1.807, 2.05) is 66.7 Å². The second-order valence-electron chi connectivity index (χ2n) is 12.3. The molecular formula is C39H42N6O2. The van der Waals surface area contributed by atoms with Crippen LogP contribution < -0.4 is 16.2 Å². The highest BCUT2D eigenvalue weighted by atomic mass is 16.3. The Morgan fingerprint density at radius 1 is 0.915 bits per heavy atom. The minimum absolute atomic E-state index is 0.0995. The smallest absolute Gasteiger partial charge is 0.273 e. The lowest BCUT2D eigenvalue weighted by atomic mass is 9.86. The first kappa shape index (κ1) is 31.8. The van der Waals surface area contributed by atoms with Crippen LogP contribution in [0.2, 0.25) is 0 Å². The summed E-state index contributed by atoms with van der Waals surface area (Å²) in [4.78, 5) is 17.2. The number of fused-ring (bicyclic) bond motifs is 5. The molecule has 0 aliphatic rings. The number of carbonyl (C=O) groups excluding carboxylic acids is 1. The third kappa shape index (κ3) is 6.16. The van der Waals surface area contributed by atoms with E-state index in [0.717, 1.165) is 70.5 Å². The number of azo groups is 1. The number of nitrogens with zero attached hydrogens (tertiary/aromatic N) is 3. The molecule has 0 spiro atoms. The number of hydrazine groups is 1. The number of carbonyl (C=O) groups is 1. The predicted octanol–water partition coefficient (Wildman–Crippen LogP) is 9.69. The van der Waals surface area contributed by atoms with E-state index in [-0.39, 0.29) is 17.0 Å². The van der Waals surface area contributed by atoms with Crippen molar-refractivity contribution in [2.24, 2.45) is 16.0 Å². The number of amides is 1. The molecule has 1 aromatic heterocycles. The van der Waals surface area contributed by atoms with Crippen molar-refractivity contribution in [2.45, 2.75) is 58.4 Å². The Balaban J connectivity index is 1.41. The number of nitrogens with one attached hydrogen (secondary N) is 2. The van der Waals surface area contributed by atoms with Gasteiger partial charge in [0.25, 0.3) is 5.91 Å². The van der Waals surface area contributed by atoms with Gasteiger partial charge in [0.15, 0.2) is 5.75 Å². The molecule has 47 heavy (non-hydrogen) atoms. The normalized spacial score (nSPS) is 12.0. The fourth-order valence-corrected chi connectivity index (χ4v) is 6.22. The lowest BCUT2D eigenvalue weighted by molar-refractivity contribution is 0.0949. The number of aryl methyl sites for hydroxylation is 1. The molecule has 0 atom stereocenters. The molecule has 8 nitrogen and oxygen atoms in total. The van der Waals surface area contributed by atoms with Crippen LogP contribution in [-0.4, -0.2) is 23.0 Å². The number of aromatic hydroxyl groups is 1. The minimum Gasteiger partial charge on any atom is -0.505 e. The van der Waals surface area contributed by atoms with Gasteiger partial charge >= 0.3 is 0 Å². The number of unbranched alkanes of at least 4 members (excludes halogenated alkanes) is 1. The number of nitrogens with two attached hydrogens (primary N) is 1. The number of aromatic amines is 1. The number of phenolic OH excluding ortho intramolecular Hbond substituents is 1. The molecule has 0 fully saturated rings. The SMILES string of the molecule is CCCCc1ccc(N(C)NC(=O)c2cc3ccc4c5ccccc5[nH]c4c3c(N=Nc3ccc(C(N)(CC)CC)cc3)c2O)cc1. The molecule has 5 aromatic carbocycles. The van der Waals surface area contributed by atoms with Crippen LogP contribution in [0.15, 0.2) is 101 Å². The van der Waals surface area contributed by atoms with Gasteiger partial charge in [-0.25, -0.2) is 0 Å². The zero-order chi connectivity index (χ0) is 33.1. The molecule has 0 bridgehead atoms. The second-order valence-corrected chi connectivity index (χ2v) is 12.3. The van der Waals surface area contributed by atoms with Crippen molar-refractivity contribution in [3.05, 3.63) is 108 Å². The standard InChI is InChI=1S/C39H42N6O2/c1-5-8-11-25-14-21-29(22-15-25)45(4)44-38(47)32-24-26-16-23-31-30-12-9-10-13-33(30)41-35(31)34(26)36(37(32)46)43-42-28-19-17-27(18-20-28)39(40,6-2)7-3/h9-10,12-24,41,46H,5-8,11,40H2,1-4H3,(H,44,47). The van der Waals surface area contributed by atoms with Crippen LogP contribution in [0.5, 0.6) is 5.75 Å². The van der Waals surface area contributed by atoms with Crippen molar-refractivity contribution < 1.29 is 9.90 Å². The maximum atomic E-state index is 13.7. The summed E-state index contributed by atoms with van der Waals surface area (Å²) in [6.45, 7) is 6.35. The Labute approximate surface area is 275 Å². The summed E-state index contributed by atoms with van der Waals surface area (Å²) in [5.74, 6) is -0.708. The number of hydrogen-bond donors (Lipinski definition) is 4. The second kappa shape index (κ2) is 13.3. The quantitative estimate of drug-likeness (QED) is 0.0845. The Morgan fingerprint density at radius 2 is 1.64 bits per heavy atom. The van der Waals surface area contributed by atoms with Crippen molar-refractivity contribution in [3.8, 4) is 5.75 Å². The minimum atomic E-state index is -0.460. The van der Waals surface area contributed by atoms with E-state index in [4.69, 9.17) is 5.73 Å². The van der Waals surface area contributed by atoms with Gasteiger partial charge in [0, 0.05) is 34.3 Å². The molecule has 5 N–H and O–H groups in total. The average Bonchev–Trinajstić information content (AvgIpc) is 3.49. The zero-order valence-electron chi connectivity index (χ0n) is 27.5. The third-order valence-electron chi connectivity index (χ3n) is 9.36. The number of rotatable bonds is 11. The lowest BCUT2D eigenvalue weighted by Crippen LogP contribution is -2.39. The first-order valence-electron chi connectivity index (χ1n) is 16.4. The van der Waals surface area contributed by atoms with Crippen LogP contribution in [0.25, 0.3) is 32.6 Å². The molecule has 240 valence electrons. The van der Waals surface area contributed by atoms with Gasteiger partial charge in [-0.1, -0.05) is 81.8 Å². The molecule has 6 aromatic rings. The number of para-hydroxylation sites is 1. The molecule has 8 heteroatoms. The van der Waals surface area contributed by atoms with Crippen LogP contribution in [0, 0.1) is 0 Å². The van der Waals surface area contributed by atoms with Gasteiger partial charge in [-0.3, -0.25) is 15.2 Å². The number of benzene rings is 5. The topological polar surface area (TPSA) is 119 Å². The molecule has 0 aliphatic carbocycles. The molecule has 0 saturated carbocycles. The number of H-pyrrole nitrogens is 1. The first-order valence-corrected chi connectivity index (χ1v) is 16.4. The average molecular weight is 627 g/mol. The summed E-state index contributed by atoms with van der Waals surface area (Å²) in [5.41, 5.74) is 14.9. The van der Waals surface area contributed by atoms with Gasteiger partial charge in [0.1, 0.15) is 5.69 Å². The Kier molecular flexibility index (Phi) is 8.96. The Morgan fingerprint density at radius 3 is 2.34 bits per heavy atom. The van der Waals surface area contributed by atoms with E-state index in [1.54, 1.807) is 18.1 Å². The molecule has 0 aliphatic heterocycles. The summed E-state index contributed by atoms with van der Waals surface area (Å²) in [5, 5.41) is 26.0. The largest absolute Gasteiger partial charge is 0.505 e. The number of aromatic nitrogens is 1. The monoisotopic (exact) mass is 626 g/mol. The summed E-state index contributed by atoms with van der Waals surface area (Å²) >= 11 is 0. The van der Waals surface area contributed by atoms with Crippen molar-refractivity contribution in [1.82, 2.24) is 10.4 Å². The first-order chi connectivity index (χ1) is 22.8. The lowest BCUT2D eigenvalue weighted by Gasteiger charge is -2.27. The zero-order valence-corrected chi connectivity index (χ0v) is 27.5.